The second-order valence-corrected chi connectivity index (χ2v) is 8.36. The Kier molecular flexibility index (Phi) is 4.69. The van der Waals surface area contributed by atoms with Gasteiger partial charge in [-0.3, -0.25) is 0 Å². The summed E-state index contributed by atoms with van der Waals surface area (Å²) in [6, 6.07) is 1.57. The lowest BCUT2D eigenvalue weighted by Crippen LogP contribution is -2.44. The molecule has 1 aliphatic rings. The molecule has 0 spiro atoms. The summed E-state index contributed by atoms with van der Waals surface area (Å²) < 4.78 is 30.2. The number of hydrogen-bond acceptors (Lipinski definition) is 6. The van der Waals surface area contributed by atoms with E-state index in [9.17, 15) is 13.2 Å². The molecule has 0 N–H and O–H groups in total. The van der Waals surface area contributed by atoms with E-state index in [1.807, 2.05) is 0 Å². The predicted molar refractivity (Wildman–Crippen MR) is 80.0 cm³/mol. The number of aromatic nitrogens is 2. The molecule has 1 fully saturated rings. The van der Waals surface area contributed by atoms with Crippen molar-refractivity contribution in [2.45, 2.75) is 49.6 Å². The van der Waals surface area contributed by atoms with Crippen molar-refractivity contribution in [3.05, 3.63) is 18.5 Å². The normalized spacial score (nSPS) is 17.3. The molecule has 8 heteroatoms. The molecule has 1 aromatic rings. The standard InChI is InChI=1S/C14H21N3O4S/c1-14(2,3)21-13(18)17-9-5-11(6-10-17)22(19,20)12-15-7-4-8-16-12/h4,7-8,11H,5-6,9-10H2,1-3H3. The van der Waals surface area contributed by atoms with Gasteiger partial charge in [-0.25, -0.2) is 23.2 Å². The second-order valence-electron chi connectivity index (χ2n) is 6.24. The zero-order chi connectivity index (χ0) is 16.4. The quantitative estimate of drug-likeness (QED) is 0.767. The van der Waals surface area contributed by atoms with Crippen LogP contribution in [0, 0.1) is 0 Å². The van der Waals surface area contributed by atoms with Crippen molar-refractivity contribution in [1.82, 2.24) is 14.9 Å². The minimum Gasteiger partial charge on any atom is -0.444 e. The van der Waals surface area contributed by atoms with Gasteiger partial charge in [0.05, 0.1) is 5.25 Å². The highest BCUT2D eigenvalue weighted by molar-refractivity contribution is 7.91. The number of piperidine rings is 1. The Morgan fingerprint density at radius 2 is 1.77 bits per heavy atom. The SMILES string of the molecule is CC(C)(C)OC(=O)N1CCC(S(=O)(=O)c2ncccn2)CC1. The van der Waals surface area contributed by atoms with E-state index in [-0.39, 0.29) is 5.16 Å². The van der Waals surface area contributed by atoms with Gasteiger partial charge in [-0.05, 0) is 39.7 Å². The number of nitrogens with zero attached hydrogens (tertiary/aromatic N) is 3. The molecule has 0 radical (unpaired) electrons. The van der Waals surface area contributed by atoms with Crippen LogP contribution in [0.2, 0.25) is 0 Å². The molecule has 122 valence electrons. The van der Waals surface area contributed by atoms with Crippen molar-refractivity contribution in [3.63, 3.8) is 0 Å². The average molecular weight is 327 g/mol. The van der Waals surface area contributed by atoms with Gasteiger partial charge in [0.1, 0.15) is 5.60 Å². The van der Waals surface area contributed by atoms with E-state index in [2.05, 4.69) is 9.97 Å². The van der Waals surface area contributed by atoms with Gasteiger partial charge in [-0.2, -0.15) is 0 Å². The maximum atomic E-state index is 12.4. The van der Waals surface area contributed by atoms with Crippen LogP contribution in [0.1, 0.15) is 33.6 Å². The monoisotopic (exact) mass is 327 g/mol. The minimum atomic E-state index is -3.55. The van der Waals surface area contributed by atoms with Crippen molar-refractivity contribution in [3.8, 4) is 0 Å². The third-order valence-corrected chi connectivity index (χ3v) is 5.40. The van der Waals surface area contributed by atoms with Gasteiger partial charge in [0.25, 0.3) is 0 Å². The van der Waals surface area contributed by atoms with Crippen LogP contribution in [-0.2, 0) is 14.6 Å². The van der Waals surface area contributed by atoms with Gasteiger partial charge in [0.15, 0.2) is 0 Å². The van der Waals surface area contributed by atoms with E-state index < -0.39 is 26.8 Å². The third kappa shape index (κ3) is 3.94. The topological polar surface area (TPSA) is 89.5 Å². The summed E-state index contributed by atoms with van der Waals surface area (Å²) in [4.78, 5) is 21.2. The highest BCUT2D eigenvalue weighted by Gasteiger charge is 2.35. The molecule has 0 saturated carbocycles. The molecule has 1 amide bonds. The molecule has 0 aliphatic carbocycles. The zero-order valence-electron chi connectivity index (χ0n) is 13.0. The predicted octanol–water partition coefficient (Wildman–Crippen LogP) is 1.65. The van der Waals surface area contributed by atoms with Crippen molar-refractivity contribution < 1.29 is 17.9 Å². The summed E-state index contributed by atoms with van der Waals surface area (Å²) in [5, 5.41) is -0.709. The van der Waals surface area contributed by atoms with Crippen LogP contribution < -0.4 is 0 Å². The lowest BCUT2D eigenvalue weighted by Gasteiger charge is -2.32. The Hall–Kier alpha value is -1.70. The Morgan fingerprint density at radius 3 is 2.27 bits per heavy atom. The molecule has 1 saturated heterocycles. The molecule has 0 bridgehead atoms. The first kappa shape index (κ1) is 16.7. The van der Waals surface area contributed by atoms with E-state index in [1.165, 1.54) is 12.4 Å². The van der Waals surface area contributed by atoms with E-state index in [4.69, 9.17) is 4.74 Å². The summed E-state index contributed by atoms with van der Waals surface area (Å²) in [6.07, 6.45) is 3.14. The van der Waals surface area contributed by atoms with Crippen LogP contribution >= 0.6 is 0 Å². The van der Waals surface area contributed by atoms with Crippen molar-refractivity contribution in [1.29, 1.82) is 0 Å². The molecule has 0 atom stereocenters. The first-order valence-corrected chi connectivity index (χ1v) is 8.73. The van der Waals surface area contributed by atoms with Crippen molar-refractivity contribution in [2.75, 3.05) is 13.1 Å². The Balaban J connectivity index is 1.99. The van der Waals surface area contributed by atoms with E-state index >= 15 is 0 Å². The molecule has 7 nitrogen and oxygen atoms in total. The zero-order valence-corrected chi connectivity index (χ0v) is 13.8. The van der Waals surface area contributed by atoms with Gasteiger partial charge < -0.3 is 9.64 Å². The number of hydrogen-bond donors (Lipinski definition) is 0. The van der Waals surface area contributed by atoms with Gasteiger partial charge in [0.2, 0.25) is 15.0 Å². The first-order chi connectivity index (χ1) is 10.2. The fraction of sp³-hybridized carbons (Fsp3) is 0.643. The smallest absolute Gasteiger partial charge is 0.410 e. The molecular weight excluding hydrogens is 306 g/mol. The molecule has 1 aliphatic heterocycles. The van der Waals surface area contributed by atoms with E-state index in [1.54, 1.807) is 31.7 Å². The second kappa shape index (κ2) is 6.20. The maximum Gasteiger partial charge on any atom is 0.410 e. The van der Waals surface area contributed by atoms with Crippen LogP contribution in [0.15, 0.2) is 23.6 Å². The number of carbonyl (C=O) groups excluding carboxylic acids is 1. The van der Waals surface area contributed by atoms with Crippen molar-refractivity contribution >= 4 is 15.9 Å². The Morgan fingerprint density at radius 1 is 1.23 bits per heavy atom. The largest absolute Gasteiger partial charge is 0.444 e. The first-order valence-electron chi connectivity index (χ1n) is 7.19. The maximum absolute atomic E-state index is 12.4. The van der Waals surface area contributed by atoms with Gasteiger partial charge >= 0.3 is 6.09 Å². The molecule has 2 heterocycles. The lowest BCUT2D eigenvalue weighted by molar-refractivity contribution is 0.0217. The molecule has 0 unspecified atom stereocenters. The van der Waals surface area contributed by atoms with E-state index in [0.29, 0.717) is 25.9 Å². The number of likely N-dealkylation sites (tertiary alicyclic amines) is 1. The fourth-order valence-corrected chi connectivity index (χ4v) is 3.80. The summed E-state index contributed by atoms with van der Waals surface area (Å²) in [7, 11) is -3.55. The summed E-state index contributed by atoms with van der Waals surface area (Å²) >= 11 is 0. The Bertz CT molecular complexity index is 617. The number of sulfone groups is 1. The van der Waals surface area contributed by atoms with Crippen LogP contribution in [0.25, 0.3) is 0 Å². The number of rotatable bonds is 2. The van der Waals surface area contributed by atoms with Crippen LogP contribution in [0.4, 0.5) is 4.79 Å². The molecule has 2 rings (SSSR count). The highest BCUT2D eigenvalue weighted by atomic mass is 32.2. The van der Waals surface area contributed by atoms with E-state index in [0.717, 1.165) is 0 Å². The molecule has 1 aromatic heterocycles. The highest BCUT2D eigenvalue weighted by Crippen LogP contribution is 2.23. The van der Waals surface area contributed by atoms with Crippen LogP contribution in [0.5, 0.6) is 0 Å². The average Bonchev–Trinajstić information content (AvgIpc) is 2.46. The van der Waals surface area contributed by atoms with Crippen LogP contribution in [-0.4, -0.2) is 53.3 Å². The van der Waals surface area contributed by atoms with Gasteiger partial charge in [-0.15, -0.1) is 0 Å². The van der Waals surface area contributed by atoms with Gasteiger partial charge in [0, 0.05) is 25.5 Å². The number of amides is 1. The van der Waals surface area contributed by atoms with Gasteiger partial charge in [-0.1, -0.05) is 0 Å². The lowest BCUT2D eigenvalue weighted by atomic mass is 10.1. The summed E-state index contributed by atoms with van der Waals surface area (Å²) in [6.45, 7) is 6.11. The molecule has 22 heavy (non-hydrogen) atoms. The molecular formula is C14H21N3O4S. The fourth-order valence-electron chi connectivity index (χ4n) is 2.26. The minimum absolute atomic E-state index is 0.147. The number of carbonyl (C=O) groups is 1. The Labute approximate surface area is 130 Å². The summed E-state index contributed by atoms with van der Waals surface area (Å²) in [5.41, 5.74) is -0.558. The third-order valence-electron chi connectivity index (χ3n) is 3.33. The number of ether oxygens (including phenoxy) is 1. The molecule has 0 aromatic carbocycles. The van der Waals surface area contributed by atoms with Crippen LogP contribution in [0.3, 0.4) is 0 Å². The van der Waals surface area contributed by atoms with Crippen molar-refractivity contribution in [2.24, 2.45) is 0 Å². The summed E-state index contributed by atoms with van der Waals surface area (Å²) in [5.74, 6) is 0.